The van der Waals surface area contributed by atoms with Crippen molar-refractivity contribution < 1.29 is 19.0 Å². The highest BCUT2D eigenvalue weighted by molar-refractivity contribution is 9.10. The molecule has 2 rings (SSSR count). The number of carbonyl (C=O) groups excluding carboxylic acids is 1. The lowest BCUT2D eigenvalue weighted by atomic mass is 10.2. The minimum Gasteiger partial charge on any atom is -0.493 e. The molecule has 0 aliphatic carbocycles. The second kappa shape index (κ2) is 7.03. The monoisotopic (exact) mass is 384 g/mol. The fourth-order valence-corrected chi connectivity index (χ4v) is 2.94. The Balaban J connectivity index is 2.30. The summed E-state index contributed by atoms with van der Waals surface area (Å²) >= 11 is 9.46. The first kappa shape index (κ1) is 16.6. The van der Waals surface area contributed by atoms with Crippen LogP contribution >= 0.6 is 27.5 Å². The van der Waals surface area contributed by atoms with Gasteiger partial charge in [0.05, 0.1) is 24.8 Å². The number of rotatable bonds is 4. The third kappa shape index (κ3) is 3.54. The zero-order chi connectivity index (χ0) is 16.3. The van der Waals surface area contributed by atoms with Crippen LogP contribution in [-0.2, 0) is 0 Å². The van der Waals surface area contributed by atoms with Crippen LogP contribution in [0.15, 0.2) is 34.8 Å². The normalized spacial score (nSPS) is 10.2. The fourth-order valence-electron chi connectivity index (χ4n) is 1.93. The summed E-state index contributed by atoms with van der Waals surface area (Å²) < 4.78 is 16.5. The van der Waals surface area contributed by atoms with Crippen LogP contribution in [0, 0.1) is 6.92 Å². The Kier molecular flexibility index (Phi) is 5.32. The summed E-state index contributed by atoms with van der Waals surface area (Å²) in [4.78, 5) is 12.3. The van der Waals surface area contributed by atoms with Gasteiger partial charge in [-0.3, -0.25) is 0 Å². The lowest BCUT2D eigenvalue weighted by Crippen LogP contribution is -2.10. The van der Waals surface area contributed by atoms with Gasteiger partial charge in [0, 0.05) is 4.47 Å². The van der Waals surface area contributed by atoms with E-state index in [4.69, 9.17) is 25.8 Å². The van der Waals surface area contributed by atoms with Crippen LogP contribution in [0.25, 0.3) is 0 Å². The number of esters is 1. The van der Waals surface area contributed by atoms with E-state index in [-0.39, 0.29) is 0 Å². The van der Waals surface area contributed by atoms with Crippen molar-refractivity contribution in [1.82, 2.24) is 0 Å². The van der Waals surface area contributed by atoms with Gasteiger partial charge in [0.15, 0.2) is 17.2 Å². The van der Waals surface area contributed by atoms with Gasteiger partial charge in [0.1, 0.15) is 0 Å². The van der Waals surface area contributed by atoms with Crippen molar-refractivity contribution in [1.29, 1.82) is 0 Å². The van der Waals surface area contributed by atoms with Gasteiger partial charge >= 0.3 is 5.97 Å². The lowest BCUT2D eigenvalue weighted by molar-refractivity contribution is 0.0733. The van der Waals surface area contributed by atoms with Crippen molar-refractivity contribution in [2.45, 2.75) is 6.92 Å². The largest absolute Gasteiger partial charge is 0.493 e. The molecule has 0 N–H and O–H groups in total. The minimum atomic E-state index is -0.520. The van der Waals surface area contributed by atoms with E-state index in [0.717, 1.165) is 10.0 Å². The molecule has 0 radical (unpaired) electrons. The molecule has 0 saturated carbocycles. The second-order valence-corrected chi connectivity index (χ2v) is 5.82. The molecule has 4 nitrogen and oxygen atoms in total. The van der Waals surface area contributed by atoms with Crippen molar-refractivity contribution in [2.24, 2.45) is 0 Å². The number of ether oxygens (including phenoxy) is 3. The van der Waals surface area contributed by atoms with Gasteiger partial charge in [-0.05, 0) is 42.8 Å². The Morgan fingerprint density at radius 2 is 1.77 bits per heavy atom. The molecule has 0 fully saturated rings. The van der Waals surface area contributed by atoms with E-state index in [1.54, 1.807) is 24.3 Å². The number of aryl methyl sites for hydroxylation is 1. The van der Waals surface area contributed by atoms with E-state index in [2.05, 4.69) is 15.9 Å². The molecule has 0 aliphatic heterocycles. The predicted molar refractivity (Wildman–Crippen MR) is 88.4 cm³/mol. The fraction of sp³-hybridized carbons (Fsp3) is 0.188. The minimum absolute atomic E-state index is 0.338. The van der Waals surface area contributed by atoms with Crippen molar-refractivity contribution in [3.05, 3.63) is 51.0 Å². The molecule has 0 bridgehead atoms. The third-order valence-corrected chi connectivity index (χ3v) is 3.75. The van der Waals surface area contributed by atoms with Crippen molar-refractivity contribution in [3.63, 3.8) is 0 Å². The third-order valence-electron chi connectivity index (χ3n) is 3.01. The maximum Gasteiger partial charge on any atom is 0.343 e. The molecule has 0 unspecified atom stereocenters. The summed E-state index contributed by atoms with van der Waals surface area (Å²) in [7, 11) is 3.03. The Labute approximate surface area is 142 Å². The van der Waals surface area contributed by atoms with Crippen molar-refractivity contribution in [2.75, 3.05) is 14.2 Å². The van der Waals surface area contributed by atoms with Gasteiger partial charge in [-0.25, -0.2) is 4.79 Å². The summed E-state index contributed by atoms with van der Waals surface area (Å²) in [6, 6.07) is 8.30. The highest BCUT2D eigenvalue weighted by atomic mass is 79.9. The Morgan fingerprint density at radius 1 is 1.09 bits per heavy atom. The molecule has 2 aromatic carbocycles. The summed E-state index contributed by atoms with van der Waals surface area (Å²) in [6.45, 7) is 1.81. The first-order valence-electron chi connectivity index (χ1n) is 6.36. The van der Waals surface area contributed by atoms with E-state index >= 15 is 0 Å². The van der Waals surface area contributed by atoms with E-state index in [1.165, 1.54) is 14.2 Å². The molecule has 0 heterocycles. The molecule has 22 heavy (non-hydrogen) atoms. The zero-order valence-electron chi connectivity index (χ0n) is 12.3. The summed E-state index contributed by atoms with van der Waals surface area (Å²) in [6.07, 6.45) is 0. The maximum absolute atomic E-state index is 12.3. The average molecular weight is 386 g/mol. The molecule has 6 heteroatoms. The molecule has 0 aliphatic rings. The molecular formula is C16H14BrClO4. The quantitative estimate of drug-likeness (QED) is 0.568. The van der Waals surface area contributed by atoms with Crippen LogP contribution in [0.1, 0.15) is 15.9 Å². The highest BCUT2D eigenvalue weighted by Crippen LogP contribution is 2.33. The average Bonchev–Trinajstić information content (AvgIpc) is 2.49. The second-order valence-electron chi connectivity index (χ2n) is 4.49. The molecule has 116 valence electrons. The topological polar surface area (TPSA) is 44.8 Å². The lowest BCUT2D eigenvalue weighted by Gasteiger charge is -2.12. The van der Waals surface area contributed by atoms with Gasteiger partial charge in [0.2, 0.25) is 0 Å². The van der Waals surface area contributed by atoms with Crippen molar-refractivity contribution in [3.8, 4) is 17.2 Å². The van der Waals surface area contributed by atoms with E-state index < -0.39 is 5.97 Å². The molecule has 0 saturated heterocycles. The number of halogens is 2. The number of methoxy groups -OCH3 is 2. The van der Waals surface area contributed by atoms with Crippen LogP contribution in [-0.4, -0.2) is 20.2 Å². The predicted octanol–water partition coefficient (Wildman–Crippen LogP) is 4.65. The summed E-state index contributed by atoms with van der Waals surface area (Å²) in [5, 5.41) is 0.362. The van der Waals surface area contributed by atoms with Gasteiger partial charge in [0.25, 0.3) is 0 Å². The first-order valence-corrected chi connectivity index (χ1v) is 7.53. The number of benzene rings is 2. The highest BCUT2D eigenvalue weighted by Gasteiger charge is 2.16. The molecule has 0 spiro atoms. The Hall–Kier alpha value is -1.72. The van der Waals surface area contributed by atoms with Gasteiger partial charge in [-0.15, -0.1) is 0 Å². The number of hydrogen-bond acceptors (Lipinski definition) is 4. The smallest absolute Gasteiger partial charge is 0.343 e. The summed E-state index contributed by atoms with van der Waals surface area (Å²) in [5.41, 5.74) is 1.10. The molecular weight excluding hydrogens is 372 g/mol. The molecule has 0 amide bonds. The standard InChI is InChI=1S/C16H14BrClO4/c1-9-6-11(17)8-12(18)15(9)22-16(19)10-4-5-13(20-2)14(7-10)21-3/h4-8H,1-3H3. The summed E-state index contributed by atoms with van der Waals surface area (Å²) in [5.74, 6) is 0.811. The van der Waals surface area contributed by atoms with Crippen LogP contribution < -0.4 is 14.2 Å². The van der Waals surface area contributed by atoms with E-state index in [1.807, 2.05) is 13.0 Å². The first-order chi connectivity index (χ1) is 10.5. The van der Waals surface area contributed by atoms with Crippen LogP contribution in [0.4, 0.5) is 0 Å². The van der Waals surface area contributed by atoms with Crippen LogP contribution in [0.3, 0.4) is 0 Å². The molecule has 2 aromatic rings. The van der Waals surface area contributed by atoms with E-state index in [9.17, 15) is 4.79 Å². The maximum atomic E-state index is 12.3. The Morgan fingerprint density at radius 3 is 2.36 bits per heavy atom. The molecule has 0 aromatic heterocycles. The molecule has 0 atom stereocenters. The SMILES string of the molecule is COc1ccc(C(=O)Oc2c(C)cc(Br)cc2Cl)cc1OC. The van der Waals surface area contributed by atoms with Gasteiger partial charge < -0.3 is 14.2 Å². The number of hydrogen-bond donors (Lipinski definition) is 0. The van der Waals surface area contributed by atoms with Crippen LogP contribution in [0.5, 0.6) is 17.2 Å². The Bertz CT molecular complexity index is 692. The zero-order valence-corrected chi connectivity index (χ0v) is 14.6. The van der Waals surface area contributed by atoms with E-state index in [0.29, 0.717) is 27.8 Å². The van der Waals surface area contributed by atoms with Gasteiger partial charge in [-0.1, -0.05) is 27.5 Å². The van der Waals surface area contributed by atoms with Gasteiger partial charge in [-0.2, -0.15) is 0 Å². The number of carbonyl (C=O) groups is 1. The van der Waals surface area contributed by atoms with Crippen LogP contribution in [0.2, 0.25) is 5.02 Å². The van der Waals surface area contributed by atoms with Crippen molar-refractivity contribution >= 4 is 33.5 Å².